The highest BCUT2D eigenvalue weighted by Gasteiger charge is 2.19. The molecule has 0 saturated carbocycles. The summed E-state index contributed by atoms with van der Waals surface area (Å²) in [6.45, 7) is 0.915. The lowest BCUT2D eigenvalue weighted by Gasteiger charge is -2.16. The Morgan fingerprint density at radius 3 is 2.62 bits per heavy atom. The first kappa shape index (κ1) is 19.9. The van der Waals surface area contributed by atoms with E-state index < -0.39 is 30.2 Å². The molecule has 2 amide bonds. The van der Waals surface area contributed by atoms with Gasteiger partial charge >= 0.3 is 5.97 Å². The number of aromatic nitrogens is 4. The highest BCUT2D eigenvalue weighted by Crippen LogP contribution is 2.08. The number of amides is 2. The molecule has 0 aliphatic rings. The average Bonchev–Trinajstić information content (AvgIpc) is 3.13. The smallest absolute Gasteiger partial charge is 0.378 e. The van der Waals surface area contributed by atoms with Crippen LogP contribution >= 0.6 is 0 Å². The Morgan fingerprint density at radius 1 is 1.21 bits per heavy atom. The number of anilines is 1. The summed E-state index contributed by atoms with van der Waals surface area (Å²) in [4.78, 5) is 45.2. The Morgan fingerprint density at radius 2 is 1.93 bits per heavy atom. The number of hydrogen-bond acceptors (Lipinski definition) is 7. The number of benzene rings is 1. The first-order valence-corrected chi connectivity index (χ1v) is 8.48. The van der Waals surface area contributed by atoms with Gasteiger partial charge in [-0.3, -0.25) is 9.59 Å². The average molecular weight is 400 g/mol. The summed E-state index contributed by atoms with van der Waals surface area (Å²) in [5, 5.41) is 6.52. The van der Waals surface area contributed by atoms with Gasteiger partial charge in [-0.25, -0.2) is 18.7 Å². The van der Waals surface area contributed by atoms with Gasteiger partial charge in [-0.1, -0.05) is 0 Å². The Bertz CT molecular complexity index is 1070. The van der Waals surface area contributed by atoms with Crippen LogP contribution in [0.3, 0.4) is 0 Å². The molecule has 1 N–H and O–H groups in total. The summed E-state index contributed by atoms with van der Waals surface area (Å²) in [6.07, 6.45) is 1.53. The first-order valence-electron chi connectivity index (χ1n) is 8.48. The van der Waals surface area contributed by atoms with Crippen molar-refractivity contribution >= 4 is 29.2 Å². The second kappa shape index (κ2) is 8.42. The number of hydrogen-bond donors (Lipinski definition) is 1. The van der Waals surface area contributed by atoms with E-state index in [1.807, 2.05) is 0 Å². The minimum absolute atomic E-state index is 0.226. The Kier molecular flexibility index (Phi) is 5.77. The molecule has 0 fully saturated rings. The van der Waals surface area contributed by atoms with Crippen LogP contribution in [0, 0.1) is 12.7 Å². The standard InChI is InChI=1S/C18H17FN6O4/c1-11-7-8-20-18-22-16(23-25(11)18)17(28)29-10-15(27)24(2)9-14(26)21-13-5-3-12(19)4-6-13/h3-8H,9-10H2,1-2H3,(H,21,26). The van der Waals surface area contributed by atoms with Gasteiger partial charge in [0.1, 0.15) is 5.82 Å². The number of likely N-dealkylation sites (N-methyl/N-ethyl adjacent to an activating group) is 1. The number of fused-ring (bicyclic) bond motifs is 1. The first-order chi connectivity index (χ1) is 13.8. The number of ether oxygens (including phenoxy) is 1. The van der Waals surface area contributed by atoms with Crippen LogP contribution in [0.15, 0.2) is 36.5 Å². The van der Waals surface area contributed by atoms with Crippen molar-refractivity contribution in [1.82, 2.24) is 24.5 Å². The number of nitrogens with one attached hydrogen (secondary N) is 1. The fraction of sp³-hybridized carbons (Fsp3) is 0.222. The number of rotatable bonds is 6. The summed E-state index contributed by atoms with van der Waals surface area (Å²) in [7, 11) is 1.39. The quantitative estimate of drug-likeness (QED) is 0.609. The maximum Gasteiger partial charge on any atom is 0.378 e. The van der Waals surface area contributed by atoms with Gasteiger partial charge < -0.3 is 15.0 Å². The third-order valence-corrected chi connectivity index (χ3v) is 3.87. The summed E-state index contributed by atoms with van der Waals surface area (Å²) in [5.74, 6) is -2.38. The van der Waals surface area contributed by atoms with Gasteiger partial charge in [0.05, 0.1) is 6.54 Å². The zero-order valence-corrected chi connectivity index (χ0v) is 15.6. The van der Waals surface area contributed by atoms with Crippen LogP contribution in [0.25, 0.3) is 5.78 Å². The summed E-state index contributed by atoms with van der Waals surface area (Å²) in [6, 6.07) is 6.90. The predicted octanol–water partition coefficient (Wildman–Crippen LogP) is 0.826. The molecule has 0 radical (unpaired) electrons. The van der Waals surface area contributed by atoms with E-state index in [2.05, 4.69) is 20.4 Å². The zero-order valence-electron chi connectivity index (χ0n) is 15.6. The molecular formula is C18H17FN6O4. The van der Waals surface area contributed by atoms with Gasteiger partial charge in [0.15, 0.2) is 6.61 Å². The van der Waals surface area contributed by atoms with E-state index >= 15 is 0 Å². The second-order valence-electron chi connectivity index (χ2n) is 6.11. The molecule has 2 aromatic heterocycles. The van der Waals surface area contributed by atoms with Gasteiger partial charge in [0.25, 0.3) is 17.5 Å². The minimum Gasteiger partial charge on any atom is -0.450 e. The fourth-order valence-corrected chi connectivity index (χ4v) is 2.33. The summed E-state index contributed by atoms with van der Waals surface area (Å²) < 4.78 is 19.2. The molecule has 2 heterocycles. The van der Waals surface area contributed by atoms with E-state index in [0.717, 1.165) is 10.6 Å². The SMILES string of the molecule is Cc1ccnc2nc(C(=O)OCC(=O)N(C)CC(=O)Nc3ccc(F)cc3)nn12. The van der Waals surface area contributed by atoms with E-state index in [1.165, 1.54) is 42.0 Å². The predicted molar refractivity (Wildman–Crippen MR) is 98.5 cm³/mol. The van der Waals surface area contributed by atoms with E-state index in [4.69, 9.17) is 4.74 Å². The van der Waals surface area contributed by atoms with Gasteiger partial charge in [-0.15, -0.1) is 5.10 Å². The van der Waals surface area contributed by atoms with E-state index in [0.29, 0.717) is 5.69 Å². The van der Waals surface area contributed by atoms with Crippen molar-refractivity contribution in [3.63, 3.8) is 0 Å². The van der Waals surface area contributed by atoms with Crippen molar-refractivity contribution in [3.05, 3.63) is 53.9 Å². The maximum atomic E-state index is 12.9. The van der Waals surface area contributed by atoms with Crippen LogP contribution in [0.2, 0.25) is 0 Å². The Balaban J connectivity index is 1.51. The number of carbonyl (C=O) groups is 3. The molecule has 3 aromatic rings. The number of aryl methyl sites for hydroxylation is 1. The molecule has 29 heavy (non-hydrogen) atoms. The maximum absolute atomic E-state index is 12.9. The van der Waals surface area contributed by atoms with Gasteiger partial charge in [-0.2, -0.15) is 4.98 Å². The van der Waals surface area contributed by atoms with Crippen LogP contribution < -0.4 is 5.32 Å². The number of carbonyl (C=O) groups excluding carboxylic acids is 3. The molecule has 0 unspecified atom stereocenters. The molecular weight excluding hydrogens is 383 g/mol. The molecule has 0 spiro atoms. The van der Waals surface area contributed by atoms with Crippen LogP contribution in [-0.2, 0) is 14.3 Å². The minimum atomic E-state index is -0.882. The molecule has 0 bridgehead atoms. The fourth-order valence-electron chi connectivity index (χ4n) is 2.33. The highest BCUT2D eigenvalue weighted by molar-refractivity contribution is 5.95. The monoisotopic (exact) mass is 400 g/mol. The topological polar surface area (TPSA) is 119 Å². The lowest BCUT2D eigenvalue weighted by Crippen LogP contribution is -2.37. The van der Waals surface area contributed by atoms with E-state index in [1.54, 1.807) is 13.0 Å². The van der Waals surface area contributed by atoms with Crippen molar-refractivity contribution in [2.45, 2.75) is 6.92 Å². The molecule has 3 rings (SSSR count). The third kappa shape index (κ3) is 4.89. The van der Waals surface area contributed by atoms with Crippen molar-refractivity contribution < 1.29 is 23.5 Å². The summed E-state index contributed by atoms with van der Waals surface area (Å²) in [5.41, 5.74) is 1.12. The van der Waals surface area contributed by atoms with Crippen molar-refractivity contribution in [2.75, 3.05) is 25.5 Å². The van der Waals surface area contributed by atoms with Gasteiger partial charge in [0, 0.05) is 24.6 Å². The summed E-state index contributed by atoms with van der Waals surface area (Å²) >= 11 is 0. The van der Waals surface area contributed by atoms with Crippen molar-refractivity contribution in [2.24, 2.45) is 0 Å². The van der Waals surface area contributed by atoms with Crippen LogP contribution in [0.1, 0.15) is 16.3 Å². The Hall–Kier alpha value is -3.89. The molecule has 0 atom stereocenters. The lowest BCUT2D eigenvalue weighted by molar-refractivity contribution is -0.136. The van der Waals surface area contributed by atoms with Gasteiger partial charge in [-0.05, 0) is 37.3 Å². The van der Waals surface area contributed by atoms with E-state index in [9.17, 15) is 18.8 Å². The molecule has 150 valence electrons. The highest BCUT2D eigenvalue weighted by atomic mass is 19.1. The molecule has 0 aliphatic carbocycles. The van der Waals surface area contributed by atoms with Crippen molar-refractivity contribution in [1.29, 1.82) is 0 Å². The number of esters is 1. The van der Waals surface area contributed by atoms with Crippen LogP contribution in [0.5, 0.6) is 0 Å². The normalized spacial score (nSPS) is 10.6. The molecule has 1 aromatic carbocycles. The van der Waals surface area contributed by atoms with E-state index in [-0.39, 0.29) is 18.1 Å². The number of nitrogens with zero attached hydrogens (tertiary/aromatic N) is 5. The van der Waals surface area contributed by atoms with Crippen molar-refractivity contribution in [3.8, 4) is 0 Å². The molecule has 0 aliphatic heterocycles. The zero-order chi connectivity index (χ0) is 21.0. The second-order valence-corrected chi connectivity index (χ2v) is 6.11. The van der Waals surface area contributed by atoms with Crippen LogP contribution in [-0.4, -0.2) is 62.5 Å². The largest absolute Gasteiger partial charge is 0.450 e. The van der Waals surface area contributed by atoms with Crippen LogP contribution in [0.4, 0.5) is 10.1 Å². The molecule has 11 heteroatoms. The number of halogens is 1. The third-order valence-electron chi connectivity index (χ3n) is 3.87. The Labute approximate surface area is 164 Å². The van der Waals surface area contributed by atoms with Gasteiger partial charge in [0.2, 0.25) is 5.91 Å². The molecule has 10 nitrogen and oxygen atoms in total. The lowest BCUT2D eigenvalue weighted by atomic mass is 10.3. The molecule has 0 saturated heterocycles.